The quantitative estimate of drug-likeness (QED) is 0.777. The molecule has 4 nitrogen and oxygen atoms in total. The average molecular weight is 218 g/mol. The van der Waals surface area contributed by atoms with E-state index in [4.69, 9.17) is 0 Å². The van der Waals surface area contributed by atoms with Crippen LogP contribution >= 0.6 is 0 Å². The van der Waals surface area contributed by atoms with Gasteiger partial charge in [-0.15, -0.1) is 0 Å². The van der Waals surface area contributed by atoms with Gasteiger partial charge in [0.05, 0.1) is 0 Å². The fourth-order valence-corrected chi connectivity index (χ4v) is 1.71. The van der Waals surface area contributed by atoms with Crippen molar-refractivity contribution < 1.29 is 9.59 Å². The first kappa shape index (κ1) is 10.7. The standard InChI is InChI=1S/C12H14N2O2/c1-2-9-3-5-10(6-4-9)7-14-8-11(15)13-12(14)16/h3-6H,2,7-8H2,1H3,(H,13,15,16). The zero-order chi connectivity index (χ0) is 11.5. The number of rotatable bonds is 3. The molecule has 0 aliphatic carbocycles. The Labute approximate surface area is 94.2 Å². The minimum atomic E-state index is -0.301. The van der Waals surface area contributed by atoms with Gasteiger partial charge in [-0.1, -0.05) is 31.2 Å². The van der Waals surface area contributed by atoms with E-state index in [0.29, 0.717) is 6.54 Å². The van der Waals surface area contributed by atoms with E-state index in [2.05, 4.69) is 12.2 Å². The average Bonchev–Trinajstić information content (AvgIpc) is 2.59. The maximum absolute atomic E-state index is 11.3. The van der Waals surface area contributed by atoms with Gasteiger partial charge in [0.2, 0.25) is 5.91 Å². The molecule has 1 aliphatic heterocycles. The third-order valence-electron chi connectivity index (χ3n) is 2.67. The van der Waals surface area contributed by atoms with Gasteiger partial charge in [-0.25, -0.2) is 4.79 Å². The number of hydrogen-bond donors (Lipinski definition) is 1. The molecule has 3 amide bonds. The van der Waals surface area contributed by atoms with Crippen LogP contribution < -0.4 is 5.32 Å². The molecule has 1 aliphatic rings. The molecule has 0 radical (unpaired) electrons. The molecular weight excluding hydrogens is 204 g/mol. The van der Waals surface area contributed by atoms with Crippen LogP contribution in [0.4, 0.5) is 4.79 Å². The van der Waals surface area contributed by atoms with Crippen LogP contribution in [0.3, 0.4) is 0 Å². The first-order valence-corrected chi connectivity index (χ1v) is 5.35. The molecule has 1 aromatic carbocycles. The molecule has 84 valence electrons. The summed E-state index contributed by atoms with van der Waals surface area (Å²) < 4.78 is 0. The zero-order valence-electron chi connectivity index (χ0n) is 9.19. The van der Waals surface area contributed by atoms with Gasteiger partial charge in [-0.2, -0.15) is 0 Å². The van der Waals surface area contributed by atoms with E-state index in [-0.39, 0.29) is 18.5 Å². The van der Waals surface area contributed by atoms with Crippen molar-refractivity contribution in [1.29, 1.82) is 0 Å². The lowest BCUT2D eigenvalue weighted by Crippen LogP contribution is -2.27. The summed E-state index contributed by atoms with van der Waals surface area (Å²) in [6.45, 7) is 2.75. The van der Waals surface area contributed by atoms with Gasteiger partial charge in [0.1, 0.15) is 6.54 Å². The van der Waals surface area contributed by atoms with E-state index >= 15 is 0 Å². The van der Waals surface area contributed by atoms with Gasteiger partial charge in [-0.05, 0) is 17.5 Å². The summed E-state index contributed by atoms with van der Waals surface area (Å²) >= 11 is 0. The highest BCUT2D eigenvalue weighted by Gasteiger charge is 2.26. The van der Waals surface area contributed by atoms with Gasteiger partial charge in [0.15, 0.2) is 0 Å². The third-order valence-corrected chi connectivity index (χ3v) is 2.67. The van der Waals surface area contributed by atoms with Crippen molar-refractivity contribution >= 4 is 11.9 Å². The molecule has 1 heterocycles. The number of imide groups is 1. The first-order valence-electron chi connectivity index (χ1n) is 5.35. The molecule has 1 fully saturated rings. The molecule has 16 heavy (non-hydrogen) atoms. The second-order valence-electron chi connectivity index (χ2n) is 3.88. The molecule has 1 saturated heterocycles. The number of hydrogen-bond acceptors (Lipinski definition) is 2. The van der Waals surface area contributed by atoms with E-state index in [1.54, 1.807) is 0 Å². The Morgan fingerprint density at radius 1 is 1.19 bits per heavy atom. The van der Waals surface area contributed by atoms with Crippen molar-refractivity contribution in [2.24, 2.45) is 0 Å². The lowest BCUT2D eigenvalue weighted by atomic mass is 10.1. The molecule has 0 spiro atoms. The summed E-state index contributed by atoms with van der Waals surface area (Å²) in [6.07, 6.45) is 1.00. The van der Waals surface area contributed by atoms with Crippen LogP contribution in [0.15, 0.2) is 24.3 Å². The minimum absolute atomic E-state index is 0.161. The van der Waals surface area contributed by atoms with E-state index in [1.165, 1.54) is 10.5 Å². The Kier molecular flexibility index (Phi) is 2.90. The van der Waals surface area contributed by atoms with Crippen LogP contribution in [-0.4, -0.2) is 23.4 Å². The van der Waals surface area contributed by atoms with Crippen molar-refractivity contribution in [3.05, 3.63) is 35.4 Å². The van der Waals surface area contributed by atoms with Crippen LogP contribution in [0.5, 0.6) is 0 Å². The Morgan fingerprint density at radius 2 is 1.81 bits per heavy atom. The fourth-order valence-electron chi connectivity index (χ4n) is 1.71. The van der Waals surface area contributed by atoms with E-state index in [9.17, 15) is 9.59 Å². The maximum atomic E-state index is 11.3. The van der Waals surface area contributed by atoms with Gasteiger partial charge in [-0.3, -0.25) is 10.1 Å². The van der Waals surface area contributed by atoms with Gasteiger partial charge in [0, 0.05) is 6.54 Å². The Balaban J connectivity index is 2.03. The molecule has 1 aromatic rings. The Hall–Kier alpha value is -1.84. The van der Waals surface area contributed by atoms with Crippen LogP contribution in [-0.2, 0) is 17.8 Å². The van der Waals surface area contributed by atoms with Crippen molar-refractivity contribution in [1.82, 2.24) is 10.2 Å². The topological polar surface area (TPSA) is 49.4 Å². The number of benzene rings is 1. The van der Waals surface area contributed by atoms with Gasteiger partial charge in [0.25, 0.3) is 0 Å². The van der Waals surface area contributed by atoms with Crippen LogP contribution in [0, 0.1) is 0 Å². The van der Waals surface area contributed by atoms with Crippen LogP contribution in [0.25, 0.3) is 0 Å². The molecule has 0 aromatic heterocycles. The highest BCUT2D eigenvalue weighted by atomic mass is 16.2. The summed E-state index contributed by atoms with van der Waals surface area (Å²) in [5, 5.41) is 2.26. The number of nitrogens with one attached hydrogen (secondary N) is 1. The van der Waals surface area contributed by atoms with Crippen molar-refractivity contribution in [3.8, 4) is 0 Å². The van der Waals surface area contributed by atoms with Crippen LogP contribution in [0.2, 0.25) is 0 Å². The second-order valence-corrected chi connectivity index (χ2v) is 3.88. The highest BCUT2D eigenvalue weighted by Crippen LogP contribution is 2.10. The molecule has 0 unspecified atom stereocenters. The van der Waals surface area contributed by atoms with Gasteiger partial charge < -0.3 is 4.90 Å². The van der Waals surface area contributed by atoms with E-state index in [1.807, 2.05) is 24.3 Å². The second kappa shape index (κ2) is 4.35. The van der Waals surface area contributed by atoms with E-state index in [0.717, 1.165) is 12.0 Å². The predicted octanol–water partition coefficient (Wildman–Crippen LogP) is 1.30. The van der Waals surface area contributed by atoms with Crippen molar-refractivity contribution in [2.45, 2.75) is 19.9 Å². The van der Waals surface area contributed by atoms with Gasteiger partial charge >= 0.3 is 6.03 Å². The predicted molar refractivity (Wildman–Crippen MR) is 59.8 cm³/mol. The number of amides is 3. The molecule has 0 saturated carbocycles. The molecular formula is C12H14N2O2. The summed E-state index contributed by atoms with van der Waals surface area (Å²) in [5.74, 6) is -0.227. The largest absolute Gasteiger partial charge is 0.324 e. The number of carbonyl (C=O) groups excluding carboxylic acids is 2. The number of nitrogens with zero attached hydrogens (tertiary/aromatic N) is 1. The zero-order valence-corrected chi connectivity index (χ0v) is 9.19. The summed E-state index contributed by atoms with van der Waals surface area (Å²) in [5.41, 5.74) is 2.31. The molecule has 4 heteroatoms. The Bertz CT molecular complexity index is 412. The summed E-state index contributed by atoms with van der Waals surface area (Å²) in [6, 6.07) is 7.78. The molecule has 0 bridgehead atoms. The van der Waals surface area contributed by atoms with Crippen LogP contribution in [0.1, 0.15) is 18.1 Å². The highest BCUT2D eigenvalue weighted by molar-refractivity contribution is 6.01. The lowest BCUT2D eigenvalue weighted by molar-refractivity contribution is -0.118. The number of aryl methyl sites for hydroxylation is 1. The normalized spacial score (nSPS) is 15.4. The maximum Gasteiger partial charge on any atom is 0.324 e. The summed E-state index contributed by atoms with van der Waals surface area (Å²) in [7, 11) is 0. The Morgan fingerprint density at radius 3 is 2.31 bits per heavy atom. The first-order chi connectivity index (χ1) is 7.69. The smallest absolute Gasteiger partial charge is 0.311 e. The lowest BCUT2D eigenvalue weighted by Gasteiger charge is -2.13. The third kappa shape index (κ3) is 2.21. The fraction of sp³-hybridized carbons (Fsp3) is 0.333. The van der Waals surface area contributed by atoms with Crippen molar-refractivity contribution in [2.75, 3.05) is 6.54 Å². The van der Waals surface area contributed by atoms with E-state index < -0.39 is 0 Å². The number of urea groups is 1. The SMILES string of the molecule is CCc1ccc(CN2CC(=O)NC2=O)cc1. The molecule has 2 rings (SSSR count). The summed E-state index contributed by atoms with van der Waals surface area (Å²) in [4.78, 5) is 23.8. The molecule has 1 N–H and O–H groups in total. The monoisotopic (exact) mass is 218 g/mol. The number of carbonyl (C=O) groups is 2. The minimum Gasteiger partial charge on any atom is -0.311 e. The molecule has 0 atom stereocenters. The van der Waals surface area contributed by atoms with Crippen molar-refractivity contribution in [3.63, 3.8) is 0 Å².